The quantitative estimate of drug-likeness (QED) is 0.697. The summed E-state index contributed by atoms with van der Waals surface area (Å²) in [4.78, 5) is 41.9. The minimum absolute atomic E-state index is 0.0248. The number of benzene rings is 2. The van der Waals surface area contributed by atoms with Gasteiger partial charge in [0.15, 0.2) is 0 Å². The molecule has 3 amide bonds. The van der Waals surface area contributed by atoms with Gasteiger partial charge >= 0.3 is 6.09 Å². The number of amides is 3. The molecule has 2 aromatic rings. The fourth-order valence-electron chi connectivity index (χ4n) is 3.78. The lowest BCUT2D eigenvalue weighted by Gasteiger charge is -2.37. The maximum atomic E-state index is 13.2. The van der Waals surface area contributed by atoms with Crippen LogP contribution in [-0.2, 0) is 16.1 Å². The predicted molar refractivity (Wildman–Crippen MR) is 127 cm³/mol. The van der Waals surface area contributed by atoms with Crippen molar-refractivity contribution < 1.29 is 19.1 Å². The van der Waals surface area contributed by atoms with Crippen molar-refractivity contribution in [2.24, 2.45) is 5.92 Å². The van der Waals surface area contributed by atoms with Crippen LogP contribution in [0.2, 0.25) is 0 Å². The van der Waals surface area contributed by atoms with Crippen LogP contribution in [0.3, 0.4) is 0 Å². The lowest BCUT2D eigenvalue weighted by atomic mass is 9.97. The van der Waals surface area contributed by atoms with E-state index < -0.39 is 12.1 Å². The highest BCUT2D eigenvalue weighted by Gasteiger charge is 2.33. The van der Waals surface area contributed by atoms with Crippen LogP contribution in [0, 0.1) is 12.8 Å². The van der Waals surface area contributed by atoms with E-state index in [1.165, 1.54) is 0 Å². The van der Waals surface area contributed by atoms with Gasteiger partial charge in [0.25, 0.3) is 5.91 Å². The Morgan fingerprint density at radius 2 is 1.55 bits per heavy atom. The zero-order valence-electron chi connectivity index (χ0n) is 19.6. The highest BCUT2D eigenvalue weighted by atomic mass is 16.5. The molecule has 0 radical (unpaired) electrons. The van der Waals surface area contributed by atoms with Gasteiger partial charge in [-0.05, 0) is 30.5 Å². The molecule has 0 aromatic heterocycles. The third-order valence-electron chi connectivity index (χ3n) is 6.14. The third-order valence-corrected chi connectivity index (χ3v) is 6.14. The summed E-state index contributed by atoms with van der Waals surface area (Å²) in [6.07, 6.45) is 0.132. The predicted octanol–water partition coefficient (Wildman–Crippen LogP) is 3.62. The molecule has 1 saturated heterocycles. The molecule has 0 spiro atoms. The van der Waals surface area contributed by atoms with Crippen molar-refractivity contribution in [2.75, 3.05) is 26.2 Å². The van der Waals surface area contributed by atoms with Crippen LogP contribution in [0.1, 0.15) is 41.8 Å². The minimum Gasteiger partial charge on any atom is -0.445 e. The molecule has 1 N–H and O–H groups in total. The van der Waals surface area contributed by atoms with E-state index in [9.17, 15) is 14.4 Å². The number of nitrogens with one attached hydrogen (secondary N) is 1. The standard InChI is InChI=1S/C26H33N3O4/c1-4-20(3)23(27-26(32)33-18-21-8-6-5-7-9-21)25(31)29-16-14-28(15-17-29)24(30)22-12-10-19(2)11-13-22/h5-13,20,23H,4,14-18H2,1-3H3,(H,27,32)/t20-,23-/m0/s1. The van der Waals surface area contributed by atoms with Gasteiger partial charge in [-0.1, -0.05) is 68.3 Å². The van der Waals surface area contributed by atoms with Gasteiger partial charge in [0.1, 0.15) is 12.6 Å². The van der Waals surface area contributed by atoms with E-state index in [4.69, 9.17) is 4.74 Å². The summed E-state index contributed by atoms with van der Waals surface area (Å²) in [7, 11) is 0. The van der Waals surface area contributed by atoms with E-state index in [2.05, 4.69) is 5.32 Å². The first-order valence-electron chi connectivity index (χ1n) is 11.5. The van der Waals surface area contributed by atoms with Crippen molar-refractivity contribution in [2.45, 2.75) is 39.8 Å². The molecule has 2 aromatic carbocycles. The number of hydrogen-bond acceptors (Lipinski definition) is 4. The lowest BCUT2D eigenvalue weighted by molar-refractivity contribution is -0.136. The van der Waals surface area contributed by atoms with Gasteiger partial charge in [-0.3, -0.25) is 9.59 Å². The number of ether oxygens (including phenoxy) is 1. The van der Waals surface area contributed by atoms with Gasteiger partial charge < -0.3 is 19.9 Å². The number of aryl methyl sites for hydroxylation is 1. The molecule has 0 aliphatic carbocycles. The summed E-state index contributed by atoms with van der Waals surface area (Å²) in [6.45, 7) is 7.85. The average Bonchev–Trinajstić information content (AvgIpc) is 2.86. The highest BCUT2D eigenvalue weighted by Crippen LogP contribution is 2.15. The Labute approximate surface area is 195 Å². The first kappa shape index (κ1) is 24.3. The minimum atomic E-state index is -0.669. The van der Waals surface area contributed by atoms with Gasteiger partial charge in [-0.25, -0.2) is 4.79 Å². The number of piperazine rings is 1. The molecule has 1 aliphatic heterocycles. The normalized spacial score (nSPS) is 15.5. The van der Waals surface area contributed by atoms with Crippen molar-refractivity contribution in [3.8, 4) is 0 Å². The van der Waals surface area contributed by atoms with E-state index in [1.807, 2.05) is 75.4 Å². The van der Waals surface area contributed by atoms with Crippen LogP contribution in [0.5, 0.6) is 0 Å². The Morgan fingerprint density at radius 3 is 2.15 bits per heavy atom. The largest absolute Gasteiger partial charge is 0.445 e. The number of carbonyl (C=O) groups is 3. The van der Waals surface area contributed by atoms with Crippen molar-refractivity contribution in [3.05, 3.63) is 71.3 Å². The van der Waals surface area contributed by atoms with E-state index >= 15 is 0 Å². The summed E-state index contributed by atoms with van der Waals surface area (Å²) in [6, 6.07) is 16.3. The number of hydrogen-bond donors (Lipinski definition) is 1. The molecule has 7 nitrogen and oxygen atoms in total. The van der Waals surface area contributed by atoms with E-state index in [0.717, 1.165) is 17.5 Å². The Kier molecular flexibility index (Phi) is 8.46. The molecule has 1 heterocycles. The number of rotatable bonds is 7. The first-order chi connectivity index (χ1) is 15.9. The molecular weight excluding hydrogens is 418 g/mol. The third kappa shape index (κ3) is 6.57. The number of nitrogens with zero attached hydrogens (tertiary/aromatic N) is 2. The highest BCUT2D eigenvalue weighted by molar-refractivity contribution is 5.94. The molecule has 0 unspecified atom stereocenters. The first-order valence-corrected chi connectivity index (χ1v) is 11.5. The average molecular weight is 452 g/mol. The summed E-state index contributed by atoms with van der Waals surface area (Å²) in [5.41, 5.74) is 2.64. The van der Waals surface area contributed by atoms with E-state index in [1.54, 1.807) is 9.80 Å². The maximum Gasteiger partial charge on any atom is 0.408 e. The maximum absolute atomic E-state index is 13.2. The summed E-state index contributed by atoms with van der Waals surface area (Å²) >= 11 is 0. The zero-order valence-corrected chi connectivity index (χ0v) is 19.6. The number of carbonyl (C=O) groups excluding carboxylic acids is 3. The van der Waals surface area contributed by atoms with Gasteiger partial charge in [0.2, 0.25) is 5.91 Å². The Hall–Kier alpha value is -3.35. The summed E-state index contributed by atoms with van der Waals surface area (Å²) in [5.74, 6) is -0.208. The second-order valence-electron chi connectivity index (χ2n) is 8.55. The van der Waals surface area contributed by atoms with E-state index in [0.29, 0.717) is 31.7 Å². The molecule has 176 valence electrons. The van der Waals surface area contributed by atoms with Gasteiger partial charge in [0, 0.05) is 31.7 Å². The van der Waals surface area contributed by atoms with Crippen LogP contribution in [-0.4, -0.2) is 59.9 Å². The molecule has 0 saturated carbocycles. The molecule has 3 rings (SSSR count). The van der Waals surface area contributed by atoms with Crippen LogP contribution in [0.15, 0.2) is 54.6 Å². The van der Waals surface area contributed by atoms with Crippen molar-refractivity contribution in [1.82, 2.24) is 15.1 Å². The SMILES string of the molecule is CC[C@H](C)[C@H](NC(=O)OCc1ccccc1)C(=O)N1CCN(C(=O)c2ccc(C)cc2)CC1. The molecule has 7 heteroatoms. The molecule has 33 heavy (non-hydrogen) atoms. The fraction of sp³-hybridized carbons (Fsp3) is 0.423. The number of alkyl carbamates (subject to hydrolysis) is 1. The van der Waals surface area contributed by atoms with Crippen LogP contribution in [0.4, 0.5) is 4.79 Å². The van der Waals surface area contributed by atoms with Gasteiger partial charge in [0.05, 0.1) is 0 Å². The second kappa shape index (κ2) is 11.5. The summed E-state index contributed by atoms with van der Waals surface area (Å²) in [5, 5.41) is 2.77. The van der Waals surface area contributed by atoms with Crippen LogP contribution in [0.25, 0.3) is 0 Å². The fourth-order valence-corrected chi connectivity index (χ4v) is 3.78. The molecular formula is C26H33N3O4. The molecule has 1 fully saturated rings. The van der Waals surface area contributed by atoms with Crippen molar-refractivity contribution in [1.29, 1.82) is 0 Å². The Bertz CT molecular complexity index is 938. The smallest absolute Gasteiger partial charge is 0.408 e. The van der Waals surface area contributed by atoms with Crippen molar-refractivity contribution >= 4 is 17.9 Å². The van der Waals surface area contributed by atoms with E-state index in [-0.39, 0.29) is 24.3 Å². The Morgan fingerprint density at radius 1 is 0.939 bits per heavy atom. The van der Waals surface area contributed by atoms with Gasteiger partial charge in [-0.15, -0.1) is 0 Å². The second-order valence-corrected chi connectivity index (χ2v) is 8.55. The van der Waals surface area contributed by atoms with Gasteiger partial charge in [-0.2, -0.15) is 0 Å². The lowest BCUT2D eigenvalue weighted by Crippen LogP contribution is -2.57. The summed E-state index contributed by atoms with van der Waals surface area (Å²) < 4.78 is 5.32. The van der Waals surface area contributed by atoms with Crippen LogP contribution >= 0.6 is 0 Å². The monoisotopic (exact) mass is 451 g/mol. The van der Waals surface area contributed by atoms with Crippen LogP contribution < -0.4 is 5.32 Å². The molecule has 2 atom stereocenters. The molecule has 0 bridgehead atoms. The zero-order chi connectivity index (χ0) is 23.8. The Balaban J connectivity index is 1.55. The van der Waals surface area contributed by atoms with Crippen molar-refractivity contribution in [3.63, 3.8) is 0 Å². The topological polar surface area (TPSA) is 79.0 Å². The molecule has 1 aliphatic rings.